The maximum absolute atomic E-state index is 13.4. The Balaban J connectivity index is 1.82. The first-order valence-electron chi connectivity index (χ1n) is 11.2. The average molecular weight is 496 g/mol. The molecular formula is C28H30FNO6. The highest BCUT2D eigenvalue weighted by molar-refractivity contribution is 6.04. The molecule has 8 heteroatoms. The number of carbonyl (C=O) groups is 1. The Morgan fingerprint density at radius 3 is 1.86 bits per heavy atom. The van der Waals surface area contributed by atoms with Crippen LogP contribution in [0.3, 0.4) is 0 Å². The molecule has 0 unspecified atom stereocenters. The van der Waals surface area contributed by atoms with Gasteiger partial charge in [0.2, 0.25) is 5.75 Å². The maximum Gasteiger partial charge on any atom is 0.203 e. The maximum atomic E-state index is 13.4. The number of carbonyl (C=O) groups excluding carboxylic acids is 1. The van der Waals surface area contributed by atoms with Crippen LogP contribution < -0.4 is 29.0 Å². The van der Waals surface area contributed by atoms with E-state index in [-0.39, 0.29) is 11.3 Å². The molecule has 0 bridgehead atoms. The van der Waals surface area contributed by atoms with Gasteiger partial charge in [0.05, 0.1) is 41.2 Å². The summed E-state index contributed by atoms with van der Waals surface area (Å²) in [6, 6.07) is 13.2. The Hall–Kier alpha value is -4.20. The van der Waals surface area contributed by atoms with E-state index >= 15 is 0 Å². The van der Waals surface area contributed by atoms with E-state index in [2.05, 4.69) is 5.32 Å². The molecule has 0 saturated heterocycles. The number of aryl methyl sites for hydroxylation is 2. The molecule has 0 atom stereocenters. The summed E-state index contributed by atoms with van der Waals surface area (Å²) in [5.41, 5.74) is 2.87. The number of methoxy groups -OCH3 is 5. The zero-order chi connectivity index (χ0) is 26.1. The van der Waals surface area contributed by atoms with Gasteiger partial charge < -0.3 is 29.0 Å². The predicted molar refractivity (Wildman–Crippen MR) is 137 cm³/mol. The zero-order valence-corrected chi connectivity index (χ0v) is 21.0. The number of ketones is 1. The van der Waals surface area contributed by atoms with E-state index in [1.54, 1.807) is 41.6 Å². The van der Waals surface area contributed by atoms with Crippen LogP contribution in [0.2, 0.25) is 0 Å². The predicted octanol–water partition coefficient (Wildman–Crippen LogP) is 5.46. The van der Waals surface area contributed by atoms with Crippen LogP contribution >= 0.6 is 0 Å². The molecule has 0 aliphatic heterocycles. The summed E-state index contributed by atoms with van der Waals surface area (Å²) in [4.78, 5) is 12.4. The van der Waals surface area contributed by atoms with Gasteiger partial charge in [-0.15, -0.1) is 0 Å². The first kappa shape index (κ1) is 26.4. The van der Waals surface area contributed by atoms with Gasteiger partial charge in [-0.3, -0.25) is 4.79 Å². The van der Waals surface area contributed by atoms with Crippen LogP contribution in [0.4, 0.5) is 10.1 Å². The van der Waals surface area contributed by atoms with Gasteiger partial charge in [0.1, 0.15) is 5.82 Å². The fourth-order valence-corrected chi connectivity index (χ4v) is 3.79. The van der Waals surface area contributed by atoms with E-state index in [1.807, 2.05) is 24.3 Å². The number of allylic oxidation sites excluding steroid dienone is 1. The van der Waals surface area contributed by atoms with Crippen molar-refractivity contribution >= 4 is 11.5 Å². The highest BCUT2D eigenvalue weighted by atomic mass is 19.1. The Morgan fingerprint density at radius 1 is 0.778 bits per heavy atom. The van der Waals surface area contributed by atoms with Crippen LogP contribution in [-0.4, -0.2) is 41.3 Å². The Labute approximate surface area is 210 Å². The summed E-state index contributed by atoms with van der Waals surface area (Å²) in [7, 11) is 7.84. The van der Waals surface area contributed by atoms with E-state index in [0.29, 0.717) is 47.3 Å². The summed E-state index contributed by atoms with van der Waals surface area (Å²) in [5.74, 6) is 1.98. The molecule has 0 amide bonds. The minimum absolute atomic E-state index is 0.261. The third kappa shape index (κ3) is 6.27. The molecule has 0 spiro atoms. The molecule has 3 aromatic rings. The van der Waals surface area contributed by atoms with Gasteiger partial charge in [-0.25, -0.2) is 4.39 Å². The van der Waals surface area contributed by atoms with Crippen molar-refractivity contribution in [3.8, 4) is 28.7 Å². The topological polar surface area (TPSA) is 75.3 Å². The van der Waals surface area contributed by atoms with E-state index in [1.165, 1.54) is 30.5 Å². The Kier molecular flexibility index (Phi) is 9.16. The van der Waals surface area contributed by atoms with E-state index < -0.39 is 5.82 Å². The molecule has 1 N–H and O–H groups in total. The highest BCUT2D eigenvalue weighted by Crippen LogP contribution is 2.39. The summed E-state index contributed by atoms with van der Waals surface area (Å²) >= 11 is 0. The third-order valence-corrected chi connectivity index (χ3v) is 5.55. The number of rotatable bonds is 12. The number of halogens is 1. The van der Waals surface area contributed by atoms with Crippen LogP contribution in [0.15, 0.2) is 60.8 Å². The van der Waals surface area contributed by atoms with E-state index in [9.17, 15) is 9.18 Å². The standard InChI is InChI=1S/C28H30FNO6/c1-32-24-14-18(9-10-19-15-25(33-2)28(36-5)26(16-19)34-3)13-22(27(24)35-4)30-12-11-23(31)20-7-6-8-21(29)17-20/h6-8,11-17,30H,9-10H2,1-5H3/b12-11-. The first-order chi connectivity index (χ1) is 17.4. The second-order valence-corrected chi connectivity index (χ2v) is 7.76. The van der Waals surface area contributed by atoms with Gasteiger partial charge in [-0.2, -0.15) is 0 Å². The van der Waals surface area contributed by atoms with Crippen molar-refractivity contribution in [2.24, 2.45) is 0 Å². The quantitative estimate of drug-likeness (QED) is 0.264. The van der Waals surface area contributed by atoms with Gasteiger partial charge in [0, 0.05) is 17.8 Å². The van der Waals surface area contributed by atoms with Gasteiger partial charge in [0.25, 0.3) is 0 Å². The van der Waals surface area contributed by atoms with Crippen molar-refractivity contribution in [2.45, 2.75) is 12.8 Å². The molecule has 7 nitrogen and oxygen atoms in total. The van der Waals surface area contributed by atoms with E-state index in [4.69, 9.17) is 23.7 Å². The fraction of sp³-hybridized carbons (Fsp3) is 0.250. The van der Waals surface area contributed by atoms with Crippen LogP contribution in [0, 0.1) is 5.82 Å². The minimum Gasteiger partial charge on any atom is -0.493 e. The monoisotopic (exact) mass is 495 g/mol. The number of hydrogen-bond donors (Lipinski definition) is 1. The lowest BCUT2D eigenvalue weighted by molar-refractivity contribution is 0.104. The van der Waals surface area contributed by atoms with Crippen molar-refractivity contribution in [1.82, 2.24) is 0 Å². The van der Waals surface area contributed by atoms with Gasteiger partial charge in [-0.05, 0) is 60.4 Å². The van der Waals surface area contributed by atoms with Crippen LogP contribution in [-0.2, 0) is 12.8 Å². The number of anilines is 1. The number of ether oxygens (including phenoxy) is 5. The minimum atomic E-state index is -0.464. The van der Waals surface area contributed by atoms with Crippen LogP contribution in [0.1, 0.15) is 21.5 Å². The largest absolute Gasteiger partial charge is 0.493 e. The molecule has 3 aromatic carbocycles. The summed E-state index contributed by atoms with van der Waals surface area (Å²) in [6.45, 7) is 0. The van der Waals surface area contributed by atoms with Crippen LogP contribution in [0.25, 0.3) is 0 Å². The van der Waals surface area contributed by atoms with Crippen molar-refractivity contribution < 1.29 is 32.9 Å². The van der Waals surface area contributed by atoms with Crippen molar-refractivity contribution in [3.05, 3.63) is 83.3 Å². The molecule has 3 rings (SSSR count). The van der Waals surface area contributed by atoms with Crippen molar-refractivity contribution in [1.29, 1.82) is 0 Å². The molecule has 0 aliphatic carbocycles. The number of benzene rings is 3. The molecular weight excluding hydrogens is 465 g/mol. The highest BCUT2D eigenvalue weighted by Gasteiger charge is 2.15. The first-order valence-corrected chi connectivity index (χ1v) is 11.2. The molecule has 0 heterocycles. The SMILES string of the molecule is COc1cc(CCc2cc(OC)c(OC)c(OC)c2)cc(N/C=C\C(=O)c2cccc(F)c2)c1OC. The molecule has 0 fully saturated rings. The summed E-state index contributed by atoms with van der Waals surface area (Å²) in [5, 5.41) is 3.09. The number of nitrogens with one attached hydrogen (secondary N) is 1. The summed E-state index contributed by atoms with van der Waals surface area (Å²) in [6.07, 6.45) is 4.20. The number of hydrogen-bond acceptors (Lipinski definition) is 7. The third-order valence-electron chi connectivity index (χ3n) is 5.55. The fourth-order valence-electron chi connectivity index (χ4n) is 3.79. The van der Waals surface area contributed by atoms with E-state index in [0.717, 1.165) is 11.1 Å². The zero-order valence-electron chi connectivity index (χ0n) is 21.0. The van der Waals surface area contributed by atoms with Crippen LogP contribution in [0.5, 0.6) is 28.7 Å². The van der Waals surface area contributed by atoms with Gasteiger partial charge in [-0.1, -0.05) is 12.1 Å². The van der Waals surface area contributed by atoms with Gasteiger partial charge in [0.15, 0.2) is 28.8 Å². The molecule has 0 radical (unpaired) electrons. The summed E-state index contributed by atoms with van der Waals surface area (Å²) < 4.78 is 40.8. The van der Waals surface area contributed by atoms with Gasteiger partial charge >= 0.3 is 0 Å². The van der Waals surface area contributed by atoms with Crippen molar-refractivity contribution in [3.63, 3.8) is 0 Å². The lowest BCUT2D eigenvalue weighted by Crippen LogP contribution is -2.02. The Bertz CT molecular complexity index is 1220. The second kappa shape index (κ2) is 12.5. The second-order valence-electron chi connectivity index (χ2n) is 7.76. The molecule has 0 saturated carbocycles. The lowest BCUT2D eigenvalue weighted by atomic mass is 10.0. The molecule has 36 heavy (non-hydrogen) atoms. The van der Waals surface area contributed by atoms with Crippen molar-refractivity contribution in [2.75, 3.05) is 40.9 Å². The molecule has 0 aromatic heterocycles. The molecule has 0 aliphatic rings. The smallest absolute Gasteiger partial charge is 0.203 e. The normalized spacial score (nSPS) is 10.7. The average Bonchev–Trinajstić information content (AvgIpc) is 2.90. The lowest BCUT2D eigenvalue weighted by Gasteiger charge is -2.16. The molecule has 190 valence electrons. The Morgan fingerprint density at radius 2 is 1.33 bits per heavy atom.